The second-order valence-corrected chi connectivity index (χ2v) is 11.4. The third-order valence-corrected chi connectivity index (χ3v) is 9.18. The Bertz CT molecular complexity index is 1400. The Morgan fingerprint density at radius 2 is 1.74 bits per heavy atom. The van der Waals surface area contributed by atoms with Gasteiger partial charge in [-0.05, 0) is 54.8 Å². The Kier molecular flexibility index (Phi) is 8.00. The molecule has 11 nitrogen and oxygen atoms in total. The first-order valence-electron chi connectivity index (χ1n) is 12.1. The van der Waals surface area contributed by atoms with Gasteiger partial charge < -0.3 is 9.47 Å². The highest BCUT2D eigenvalue weighted by Gasteiger charge is 2.51. The second kappa shape index (κ2) is 11.1. The maximum atomic E-state index is 13.5. The fourth-order valence-corrected chi connectivity index (χ4v) is 6.40. The van der Waals surface area contributed by atoms with Gasteiger partial charge in [0.25, 0.3) is 5.69 Å². The first kappa shape index (κ1) is 28.1. The number of rotatable bonds is 9. The molecular weight excluding hydrogens is 526 g/mol. The number of likely N-dealkylation sites (N-methyl/N-ethyl adjacent to an activating group) is 1. The van der Waals surface area contributed by atoms with Gasteiger partial charge in [0.05, 0.1) is 29.6 Å². The van der Waals surface area contributed by atoms with Crippen molar-refractivity contribution in [3.8, 4) is 5.75 Å². The predicted molar refractivity (Wildman–Crippen MR) is 142 cm³/mol. The summed E-state index contributed by atoms with van der Waals surface area (Å²) in [6, 6.07) is 10.6. The third-order valence-electron chi connectivity index (χ3n) is 7.25. The van der Waals surface area contributed by atoms with Crippen molar-refractivity contribution in [2.24, 2.45) is 0 Å². The fourth-order valence-electron chi connectivity index (χ4n) is 5.05. The predicted octanol–water partition coefficient (Wildman–Crippen LogP) is 2.52. The minimum absolute atomic E-state index is 0.0873. The Morgan fingerprint density at radius 1 is 1.13 bits per heavy atom. The molecule has 206 valence electrons. The van der Waals surface area contributed by atoms with Crippen LogP contribution in [0.2, 0.25) is 0 Å². The maximum absolute atomic E-state index is 13.5. The van der Waals surface area contributed by atoms with Crippen LogP contribution in [-0.2, 0) is 30.8 Å². The van der Waals surface area contributed by atoms with Gasteiger partial charge in [0.2, 0.25) is 10.0 Å². The summed E-state index contributed by atoms with van der Waals surface area (Å²) in [5.41, 5.74) is -0.288. The van der Waals surface area contributed by atoms with Crippen LogP contribution in [0.25, 0.3) is 0 Å². The summed E-state index contributed by atoms with van der Waals surface area (Å²) in [4.78, 5) is 37.3. The molecule has 0 radical (unpaired) electrons. The van der Waals surface area contributed by atoms with Crippen molar-refractivity contribution in [3.63, 3.8) is 0 Å². The number of non-ortho nitro benzene ring substituents is 1. The van der Waals surface area contributed by atoms with Crippen molar-refractivity contribution in [2.45, 2.75) is 35.4 Å². The first-order chi connectivity index (χ1) is 18.5. The molecule has 1 heterocycles. The van der Waals surface area contributed by atoms with Crippen molar-refractivity contribution < 1.29 is 32.4 Å². The van der Waals surface area contributed by atoms with Gasteiger partial charge >= 0.3 is 5.97 Å². The summed E-state index contributed by atoms with van der Waals surface area (Å²) in [6.45, 7) is 0.168. The number of allylic oxidation sites excluding steroid dienone is 2. The number of ether oxygens (including phenoxy) is 2. The number of hydrogen-bond donors (Lipinski definition) is 0. The van der Waals surface area contributed by atoms with Crippen molar-refractivity contribution in [1.82, 2.24) is 9.21 Å². The highest BCUT2D eigenvalue weighted by Crippen LogP contribution is 2.40. The van der Waals surface area contributed by atoms with E-state index in [0.29, 0.717) is 5.75 Å². The van der Waals surface area contributed by atoms with E-state index in [1.54, 1.807) is 31.4 Å². The molecule has 4 rings (SSSR count). The SMILES string of the molecule is COC(=O)[C@H](Cc1ccc(OC)cc1)N1C[C@@H](N(C)S(=O)(=O)c2ccc([N+](=O)[O-])cc2)CC12C=CC(=O)C=C2. The van der Waals surface area contributed by atoms with E-state index in [1.807, 2.05) is 17.0 Å². The largest absolute Gasteiger partial charge is 0.497 e. The molecule has 1 spiro atoms. The van der Waals surface area contributed by atoms with Gasteiger partial charge in [-0.25, -0.2) is 8.42 Å². The summed E-state index contributed by atoms with van der Waals surface area (Å²) in [6.07, 6.45) is 6.78. The summed E-state index contributed by atoms with van der Waals surface area (Å²) < 4.78 is 38.6. The van der Waals surface area contributed by atoms with E-state index in [4.69, 9.17) is 9.47 Å². The molecule has 2 aromatic rings. The van der Waals surface area contributed by atoms with Gasteiger partial charge in [0.1, 0.15) is 11.8 Å². The average Bonchev–Trinajstić information content (AvgIpc) is 3.31. The summed E-state index contributed by atoms with van der Waals surface area (Å²) >= 11 is 0. The number of nitrogens with zero attached hydrogens (tertiary/aromatic N) is 3. The molecule has 0 unspecified atom stereocenters. The van der Waals surface area contributed by atoms with Crippen LogP contribution in [0.5, 0.6) is 5.75 Å². The number of esters is 1. The molecule has 2 aliphatic rings. The molecule has 0 bridgehead atoms. The minimum Gasteiger partial charge on any atom is -0.497 e. The zero-order chi connectivity index (χ0) is 28.4. The van der Waals surface area contributed by atoms with Gasteiger partial charge in [0.15, 0.2) is 5.78 Å². The van der Waals surface area contributed by atoms with E-state index < -0.39 is 38.5 Å². The average molecular weight is 556 g/mol. The van der Waals surface area contributed by atoms with Crippen LogP contribution >= 0.6 is 0 Å². The maximum Gasteiger partial charge on any atom is 0.323 e. The number of likely N-dealkylation sites (tertiary alicyclic amines) is 1. The molecular formula is C27H29N3O8S. The zero-order valence-electron chi connectivity index (χ0n) is 21.7. The van der Waals surface area contributed by atoms with Gasteiger partial charge in [0, 0.05) is 31.8 Å². The second-order valence-electron chi connectivity index (χ2n) is 9.43. The quantitative estimate of drug-likeness (QED) is 0.260. The van der Waals surface area contributed by atoms with Gasteiger partial charge in [-0.3, -0.25) is 24.6 Å². The Labute approximate surface area is 226 Å². The lowest BCUT2D eigenvalue weighted by atomic mass is 9.88. The first-order valence-corrected chi connectivity index (χ1v) is 13.6. The zero-order valence-corrected chi connectivity index (χ0v) is 22.5. The van der Waals surface area contributed by atoms with Crippen LogP contribution in [-0.4, -0.2) is 79.7 Å². The number of ketones is 1. The van der Waals surface area contributed by atoms with E-state index in [0.717, 1.165) is 17.7 Å². The highest BCUT2D eigenvalue weighted by molar-refractivity contribution is 7.89. The number of nitro benzene ring substituents is 1. The number of benzene rings is 2. The monoisotopic (exact) mass is 555 g/mol. The van der Waals surface area contributed by atoms with Gasteiger partial charge in [-0.2, -0.15) is 4.31 Å². The fraction of sp³-hybridized carbons (Fsp3) is 0.333. The normalized spacial score (nSPS) is 19.4. The van der Waals surface area contributed by atoms with Crippen molar-refractivity contribution in [2.75, 3.05) is 27.8 Å². The highest BCUT2D eigenvalue weighted by atomic mass is 32.2. The lowest BCUT2D eigenvalue weighted by Crippen LogP contribution is -2.52. The Balaban J connectivity index is 1.68. The molecule has 0 amide bonds. The number of carbonyl (C=O) groups excluding carboxylic acids is 2. The molecule has 1 aliphatic heterocycles. The van der Waals surface area contributed by atoms with E-state index in [-0.39, 0.29) is 35.8 Å². The van der Waals surface area contributed by atoms with Crippen LogP contribution < -0.4 is 4.74 Å². The van der Waals surface area contributed by atoms with Crippen LogP contribution in [0.15, 0.2) is 77.7 Å². The minimum atomic E-state index is -4.03. The van der Waals surface area contributed by atoms with Crippen molar-refractivity contribution in [1.29, 1.82) is 0 Å². The van der Waals surface area contributed by atoms with E-state index in [9.17, 15) is 28.1 Å². The Morgan fingerprint density at radius 3 is 2.28 bits per heavy atom. The van der Waals surface area contributed by atoms with Crippen LogP contribution in [0.1, 0.15) is 12.0 Å². The lowest BCUT2D eigenvalue weighted by Gasteiger charge is -2.39. The van der Waals surface area contributed by atoms with Crippen molar-refractivity contribution in [3.05, 3.63) is 88.5 Å². The molecule has 2 atom stereocenters. The third kappa shape index (κ3) is 5.63. The lowest BCUT2D eigenvalue weighted by molar-refractivity contribution is -0.384. The summed E-state index contributed by atoms with van der Waals surface area (Å²) in [5.74, 6) is -0.0353. The molecule has 1 aliphatic carbocycles. The molecule has 39 heavy (non-hydrogen) atoms. The molecule has 0 saturated carbocycles. The summed E-state index contributed by atoms with van der Waals surface area (Å²) in [7, 11) is 0.264. The van der Waals surface area contributed by atoms with Crippen LogP contribution in [0, 0.1) is 10.1 Å². The number of nitro groups is 1. The summed E-state index contributed by atoms with van der Waals surface area (Å²) in [5, 5.41) is 11.0. The molecule has 1 saturated heterocycles. The van der Waals surface area contributed by atoms with Gasteiger partial charge in [-0.15, -0.1) is 0 Å². The van der Waals surface area contributed by atoms with Crippen LogP contribution in [0.3, 0.4) is 0 Å². The van der Waals surface area contributed by atoms with Crippen LogP contribution in [0.4, 0.5) is 5.69 Å². The topological polar surface area (TPSA) is 136 Å². The molecule has 2 aromatic carbocycles. The molecule has 1 fully saturated rings. The number of hydrogen-bond acceptors (Lipinski definition) is 9. The standard InChI is InChI=1S/C27H29N3O8S/c1-28(39(35,36)24-10-6-20(7-11-24)30(33)34)21-17-27(14-12-22(31)13-15-27)29(18-21)25(26(32)38-3)16-19-4-8-23(37-2)9-5-19/h4-15,21,25H,16-18H2,1-3H3/t21-,25-/m0/s1. The van der Waals surface area contributed by atoms with E-state index in [1.165, 1.54) is 42.7 Å². The number of methoxy groups -OCH3 is 2. The van der Waals surface area contributed by atoms with E-state index in [2.05, 4.69) is 0 Å². The smallest absolute Gasteiger partial charge is 0.323 e. The molecule has 12 heteroatoms. The van der Waals surface area contributed by atoms with Crippen molar-refractivity contribution >= 4 is 27.5 Å². The Hall–Kier alpha value is -3.87. The van der Waals surface area contributed by atoms with Gasteiger partial charge in [-0.1, -0.05) is 24.3 Å². The molecule has 0 N–H and O–H groups in total. The number of carbonyl (C=O) groups is 2. The number of sulfonamides is 1. The van der Waals surface area contributed by atoms with E-state index >= 15 is 0 Å². The molecule has 0 aromatic heterocycles.